The van der Waals surface area contributed by atoms with Gasteiger partial charge < -0.3 is 15.1 Å². The van der Waals surface area contributed by atoms with Crippen LogP contribution in [0.4, 0.5) is 16.2 Å². The normalized spacial score (nSPS) is 14.2. The lowest BCUT2D eigenvalue weighted by molar-refractivity contribution is 0.220. The van der Waals surface area contributed by atoms with Gasteiger partial charge in [-0.05, 0) is 49.1 Å². The number of anilines is 2. The molecule has 1 heterocycles. The lowest BCUT2D eigenvalue weighted by atomic mass is 10.1. The van der Waals surface area contributed by atoms with Crippen molar-refractivity contribution in [3.63, 3.8) is 0 Å². The monoisotopic (exact) mass is 401 g/mol. The molecule has 4 nitrogen and oxygen atoms in total. The number of nitrogens with zero attached hydrogens (tertiary/aromatic N) is 2. The molecular formula is C20H24BrN3O. The molecular weight excluding hydrogens is 378 g/mol. The molecule has 1 aliphatic heterocycles. The van der Waals surface area contributed by atoms with Gasteiger partial charge >= 0.3 is 6.03 Å². The number of piperidine rings is 1. The lowest BCUT2D eigenvalue weighted by Gasteiger charge is -2.29. The van der Waals surface area contributed by atoms with E-state index in [1.165, 1.54) is 24.9 Å². The number of rotatable bonds is 4. The SMILES string of the molecule is CN(Cc1ccccc1Br)C(=O)Nc1cccc(N2CCCCC2)c1. The van der Waals surface area contributed by atoms with Crippen LogP contribution in [0.2, 0.25) is 0 Å². The van der Waals surface area contributed by atoms with Crippen molar-refractivity contribution in [2.75, 3.05) is 30.4 Å². The maximum absolute atomic E-state index is 12.5. The van der Waals surface area contributed by atoms with Crippen LogP contribution in [0.3, 0.4) is 0 Å². The van der Waals surface area contributed by atoms with Crippen molar-refractivity contribution in [1.82, 2.24) is 4.90 Å². The van der Waals surface area contributed by atoms with Crippen LogP contribution in [0.1, 0.15) is 24.8 Å². The zero-order chi connectivity index (χ0) is 17.6. The summed E-state index contributed by atoms with van der Waals surface area (Å²) in [5, 5.41) is 3.01. The second-order valence-corrected chi connectivity index (χ2v) is 7.33. The lowest BCUT2D eigenvalue weighted by Crippen LogP contribution is -2.31. The van der Waals surface area contributed by atoms with E-state index in [9.17, 15) is 4.79 Å². The number of halogens is 1. The molecule has 0 aliphatic carbocycles. The topological polar surface area (TPSA) is 35.6 Å². The highest BCUT2D eigenvalue weighted by Gasteiger charge is 2.14. The second-order valence-electron chi connectivity index (χ2n) is 6.48. The van der Waals surface area contributed by atoms with Crippen molar-refractivity contribution in [1.29, 1.82) is 0 Å². The highest BCUT2D eigenvalue weighted by atomic mass is 79.9. The van der Waals surface area contributed by atoms with E-state index in [0.29, 0.717) is 6.54 Å². The Balaban J connectivity index is 1.63. The Kier molecular flexibility index (Phi) is 5.97. The van der Waals surface area contributed by atoms with Gasteiger partial charge in [-0.25, -0.2) is 4.79 Å². The number of hydrogen-bond acceptors (Lipinski definition) is 2. The van der Waals surface area contributed by atoms with Crippen LogP contribution >= 0.6 is 15.9 Å². The minimum atomic E-state index is -0.105. The zero-order valence-electron chi connectivity index (χ0n) is 14.5. The van der Waals surface area contributed by atoms with Crippen molar-refractivity contribution < 1.29 is 4.79 Å². The Bertz CT molecular complexity index is 728. The number of carbonyl (C=O) groups is 1. The van der Waals surface area contributed by atoms with Gasteiger partial charge in [0.2, 0.25) is 0 Å². The predicted molar refractivity (Wildman–Crippen MR) is 107 cm³/mol. The maximum atomic E-state index is 12.5. The Morgan fingerprint density at radius 2 is 1.88 bits per heavy atom. The number of carbonyl (C=O) groups excluding carboxylic acids is 1. The van der Waals surface area contributed by atoms with Crippen LogP contribution in [0, 0.1) is 0 Å². The third kappa shape index (κ3) is 4.75. The fraction of sp³-hybridized carbons (Fsp3) is 0.350. The minimum absolute atomic E-state index is 0.105. The van der Waals surface area contributed by atoms with E-state index in [4.69, 9.17) is 0 Å². The average molecular weight is 402 g/mol. The second kappa shape index (κ2) is 8.39. The number of amides is 2. The highest BCUT2D eigenvalue weighted by molar-refractivity contribution is 9.10. The summed E-state index contributed by atoms with van der Waals surface area (Å²) in [6.45, 7) is 2.75. The molecule has 1 aliphatic rings. The van der Waals surface area contributed by atoms with Crippen LogP contribution < -0.4 is 10.2 Å². The number of benzene rings is 2. The molecule has 0 unspecified atom stereocenters. The first-order chi connectivity index (χ1) is 12.1. The van der Waals surface area contributed by atoms with Crippen LogP contribution in [0.15, 0.2) is 53.0 Å². The third-order valence-corrected chi connectivity index (χ3v) is 5.30. The maximum Gasteiger partial charge on any atom is 0.321 e. The fourth-order valence-corrected chi connectivity index (χ4v) is 3.52. The van der Waals surface area contributed by atoms with E-state index in [2.05, 4.69) is 38.3 Å². The quantitative estimate of drug-likeness (QED) is 0.772. The largest absolute Gasteiger partial charge is 0.371 e. The summed E-state index contributed by atoms with van der Waals surface area (Å²) in [7, 11) is 1.81. The third-order valence-electron chi connectivity index (χ3n) is 4.53. The van der Waals surface area contributed by atoms with Gasteiger partial charge in [-0.15, -0.1) is 0 Å². The van der Waals surface area contributed by atoms with Gasteiger partial charge in [0.1, 0.15) is 0 Å². The van der Waals surface area contributed by atoms with Gasteiger partial charge in [-0.3, -0.25) is 0 Å². The smallest absolute Gasteiger partial charge is 0.321 e. The number of hydrogen-bond donors (Lipinski definition) is 1. The van der Waals surface area contributed by atoms with Gasteiger partial charge in [0.15, 0.2) is 0 Å². The van der Waals surface area contributed by atoms with E-state index in [0.717, 1.165) is 28.8 Å². The van der Waals surface area contributed by atoms with Crippen molar-refractivity contribution in [3.05, 3.63) is 58.6 Å². The molecule has 0 spiro atoms. The summed E-state index contributed by atoms with van der Waals surface area (Å²) in [5.74, 6) is 0. The molecule has 0 bridgehead atoms. The number of nitrogens with one attached hydrogen (secondary N) is 1. The predicted octanol–water partition coefficient (Wildman–Crippen LogP) is 5.10. The summed E-state index contributed by atoms with van der Waals surface area (Å²) in [6.07, 6.45) is 3.79. The molecule has 2 aromatic rings. The standard InChI is InChI=1S/C20H24BrN3O/c1-23(15-16-8-3-4-11-19(16)21)20(25)22-17-9-7-10-18(14-17)24-12-5-2-6-13-24/h3-4,7-11,14H,2,5-6,12-13,15H2,1H3,(H,22,25). The molecule has 2 amide bonds. The molecule has 3 rings (SSSR count). The summed E-state index contributed by atoms with van der Waals surface area (Å²) < 4.78 is 1.02. The van der Waals surface area contributed by atoms with E-state index in [1.54, 1.807) is 4.90 Å². The van der Waals surface area contributed by atoms with Crippen molar-refractivity contribution in [2.24, 2.45) is 0 Å². The molecule has 132 valence electrons. The minimum Gasteiger partial charge on any atom is -0.371 e. The molecule has 0 atom stereocenters. The molecule has 1 saturated heterocycles. The molecule has 2 aromatic carbocycles. The first-order valence-electron chi connectivity index (χ1n) is 8.74. The molecule has 0 aromatic heterocycles. The molecule has 0 radical (unpaired) electrons. The van der Waals surface area contributed by atoms with E-state index >= 15 is 0 Å². The fourth-order valence-electron chi connectivity index (χ4n) is 3.11. The number of urea groups is 1. The Labute approximate surface area is 158 Å². The molecule has 1 fully saturated rings. The van der Waals surface area contributed by atoms with Crippen molar-refractivity contribution >= 4 is 33.3 Å². The average Bonchev–Trinajstić information content (AvgIpc) is 2.64. The molecule has 1 N–H and O–H groups in total. The zero-order valence-corrected chi connectivity index (χ0v) is 16.1. The van der Waals surface area contributed by atoms with Gasteiger partial charge in [-0.2, -0.15) is 0 Å². The Morgan fingerprint density at radius 3 is 2.64 bits per heavy atom. The summed E-state index contributed by atoms with van der Waals surface area (Å²) in [4.78, 5) is 16.6. The van der Waals surface area contributed by atoms with Gasteiger partial charge in [0.25, 0.3) is 0 Å². The van der Waals surface area contributed by atoms with Crippen molar-refractivity contribution in [3.8, 4) is 0 Å². The van der Waals surface area contributed by atoms with Crippen LogP contribution in [-0.4, -0.2) is 31.1 Å². The van der Waals surface area contributed by atoms with Gasteiger partial charge in [0.05, 0.1) is 0 Å². The first kappa shape index (κ1) is 17.8. The summed E-state index contributed by atoms with van der Waals surface area (Å²) in [5.41, 5.74) is 3.11. The molecule has 0 saturated carbocycles. The summed E-state index contributed by atoms with van der Waals surface area (Å²) in [6, 6.07) is 16.0. The highest BCUT2D eigenvalue weighted by Crippen LogP contribution is 2.23. The van der Waals surface area contributed by atoms with E-state index in [-0.39, 0.29) is 6.03 Å². The molecule has 5 heteroatoms. The van der Waals surface area contributed by atoms with Crippen LogP contribution in [-0.2, 0) is 6.54 Å². The van der Waals surface area contributed by atoms with E-state index in [1.807, 2.05) is 43.4 Å². The van der Waals surface area contributed by atoms with Crippen LogP contribution in [0.25, 0.3) is 0 Å². The van der Waals surface area contributed by atoms with E-state index < -0.39 is 0 Å². The van der Waals surface area contributed by atoms with Gasteiger partial charge in [0, 0.05) is 42.5 Å². The first-order valence-corrected chi connectivity index (χ1v) is 9.53. The summed E-state index contributed by atoms with van der Waals surface area (Å²) >= 11 is 3.53. The van der Waals surface area contributed by atoms with Crippen LogP contribution in [0.5, 0.6) is 0 Å². The Morgan fingerprint density at radius 1 is 1.12 bits per heavy atom. The molecule has 25 heavy (non-hydrogen) atoms. The van der Waals surface area contributed by atoms with Crippen molar-refractivity contribution in [2.45, 2.75) is 25.8 Å². The Hall–Kier alpha value is -2.01. The van der Waals surface area contributed by atoms with Gasteiger partial charge in [-0.1, -0.05) is 40.2 Å².